The molecule has 1 aliphatic heterocycles. The van der Waals surface area contributed by atoms with Gasteiger partial charge in [-0.05, 0) is 49.9 Å². The summed E-state index contributed by atoms with van der Waals surface area (Å²) in [6, 6.07) is 8.53. The van der Waals surface area contributed by atoms with E-state index in [0.717, 1.165) is 36.0 Å². The van der Waals surface area contributed by atoms with Gasteiger partial charge in [-0.1, -0.05) is 6.92 Å². The Morgan fingerprint density at radius 3 is 2.33 bits per heavy atom. The molecule has 0 spiro atoms. The van der Waals surface area contributed by atoms with Crippen LogP contribution < -0.4 is 4.90 Å². The first-order valence-electron chi connectivity index (χ1n) is 7.69. The van der Waals surface area contributed by atoms with Gasteiger partial charge in [0.05, 0.1) is 18.0 Å². The number of rotatable bonds is 3. The number of anilines is 1. The second-order valence-electron chi connectivity index (χ2n) is 6.03. The Morgan fingerprint density at radius 1 is 1.14 bits per heavy atom. The van der Waals surface area contributed by atoms with E-state index in [0.29, 0.717) is 0 Å². The van der Waals surface area contributed by atoms with E-state index >= 15 is 0 Å². The Hall–Kier alpha value is -1.81. The van der Waals surface area contributed by atoms with Crippen molar-refractivity contribution in [3.8, 4) is 5.69 Å². The monoisotopic (exact) mass is 285 g/mol. The van der Waals surface area contributed by atoms with E-state index in [1.807, 2.05) is 17.8 Å². The Bertz CT molecular complexity index is 595. The standard InChI is InChI=1S/C17H23N3O/c1-13-7-9-19(10-8-13)16-3-5-17(6-4-16)20-11-15(12-21)14(2)18-20/h3-6,11,13,21H,7-10,12H2,1-2H3. The predicted molar refractivity (Wildman–Crippen MR) is 84.8 cm³/mol. The van der Waals surface area contributed by atoms with E-state index in [1.54, 1.807) is 0 Å². The van der Waals surface area contributed by atoms with Crippen LogP contribution in [0.15, 0.2) is 30.5 Å². The maximum atomic E-state index is 9.25. The van der Waals surface area contributed by atoms with Crippen LogP contribution in [-0.4, -0.2) is 28.0 Å². The summed E-state index contributed by atoms with van der Waals surface area (Å²) in [4.78, 5) is 2.46. The lowest BCUT2D eigenvalue weighted by molar-refractivity contribution is 0.281. The van der Waals surface area contributed by atoms with Crippen LogP contribution in [0.4, 0.5) is 5.69 Å². The van der Waals surface area contributed by atoms with Gasteiger partial charge in [0.1, 0.15) is 0 Å². The summed E-state index contributed by atoms with van der Waals surface area (Å²) in [5.41, 5.74) is 4.08. The Kier molecular flexibility index (Phi) is 3.97. The number of aliphatic hydroxyl groups excluding tert-OH is 1. The Balaban J connectivity index is 1.77. The first kappa shape index (κ1) is 14.1. The van der Waals surface area contributed by atoms with Crippen molar-refractivity contribution < 1.29 is 5.11 Å². The average molecular weight is 285 g/mol. The molecule has 0 atom stereocenters. The number of aromatic nitrogens is 2. The van der Waals surface area contributed by atoms with Crippen molar-refractivity contribution in [3.63, 3.8) is 0 Å². The zero-order valence-corrected chi connectivity index (χ0v) is 12.8. The quantitative estimate of drug-likeness (QED) is 0.942. The molecule has 2 aromatic rings. The average Bonchev–Trinajstić information content (AvgIpc) is 2.89. The minimum atomic E-state index is 0.0376. The van der Waals surface area contributed by atoms with Crippen molar-refractivity contribution in [1.29, 1.82) is 0 Å². The van der Waals surface area contributed by atoms with Gasteiger partial charge >= 0.3 is 0 Å². The summed E-state index contributed by atoms with van der Waals surface area (Å²) >= 11 is 0. The van der Waals surface area contributed by atoms with E-state index in [4.69, 9.17) is 0 Å². The summed E-state index contributed by atoms with van der Waals surface area (Å²) in [6.07, 6.45) is 4.45. The highest BCUT2D eigenvalue weighted by Gasteiger charge is 2.16. The maximum absolute atomic E-state index is 9.25. The molecular formula is C17H23N3O. The van der Waals surface area contributed by atoms with Gasteiger partial charge < -0.3 is 10.0 Å². The Morgan fingerprint density at radius 2 is 1.76 bits per heavy atom. The fourth-order valence-electron chi connectivity index (χ4n) is 2.87. The highest BCUT2D eigenvalue weighted by Crippen LogP contribution is 2.24. The van der Waals surface area contributed by atoms with E-state index in [2.05, 4.69) is 41.2 Å². The molecule has 112 valence electrons. The first-order valence-corrected chi connectivity index (χ1v) is 7.69. The van der Waals surface area contributed by atoms with Gasteiger partial charge in [-0.3, -0.25) is 0 Å². The molecule has 1 aliphatic rings. The largest absolute Gasteiger partial charge is 0.392 e. The van der Waals surface area contributed by atoms with E-state index in [-0.39, 0.29) is 6.61 Å². The van der Waals surface area contributed by atoms with Gasteiger partial charge in [0.2, 0.25) is 0 Å². The Labute approximate surface area is 126 Å². The van der Waals surface area contributed by atoms with Gasteiger partial charge in [-0.25, -0.2) is 4.68 Å². The molecule has 0 aliphatic carbocycles. The van der Waals surface area contributed by atoms with Gasteiger partial charge in [0, 0.05) is 30.5 Å². The van der Waals surface area contributed by atoms with Gasteiger partial charge in [0.25, 0.3) is 0 Å². The summed E-state index contributed by atoms with van der Waals surface area (Å²) < 4.78 is 1.84. The van der Waals surface area contributed by atoms with Crippen LogP contribution in [0, 0.1) is 12.8 Å². The molecule has 1 aromatic heterocycles. The summed E-state index contributed by atoms with van der Waals surface area (Å²) in [5, 5.41) is 13.7. The van der Waals surface area contributed by atoms with Crippen LogP contribution in [0.1, 0.15) is 31.0 Å². The van der Waals surface area contributed by atoms with Crippen molar-refractivity contribution in [2.45, 2.75) is 33.3 Å². The van der Waals surface area contributed by atoms with Crippen LogP contribution in [0.3, 0.4) is 0 Å². The fourth-order valence-corrected chi connectivity index (χ4v) is 2.87. The van der Waals surface area contributed by atoms with Gasteiger partial charge in [0.15, 0.2) is 0 Å². The lowest BCUT2D eigenvalue weighted by Gasteiger charge is -2.32. The number of benzene rings is 1. The van der Waals surface area contributed by atoms with Crippen LogP contribution in [0.5, 0.6) is 0 Å². The second-order valence-corrected chi connectivity index (χ2v) is 6.03. The number of nitrogens with zero attached hydrogens (tertiary/aromatic N) is 3. The molecule has 1 fully saturated rings. The third kappa shape index (κ3) is 2.95. The number of hydrogen-bond donors (Lipinski definition) is 1. The molecule has 1 aromatic carbocycles. The summed E-state index contributed by atoms with van der Waals surface area (Å²) in [7, 11) is 0. The lowest BCUT2D eigenvalue weighted by Crippen LogP contribution is -2.32. The maximum Gasteiger partial charge on any atom is 0.0715 e. The highest BCUT2D eigenvalue weighted by molar-refractivity contribution is 5.51. The van der Waals surface area contributed by atoms with Crippen LogP contribution in [0.25, 0.3) is 5.69 Å². The van der Waals surface area contributed by atoms with Crippen molar-refractivity contribution in [2.75, 3.05) is 18.0 Å². The van der Waals surface area contributed by atoms with Gasteiger partial charge in [-0.15, -0.1) is 0 Å². The SMILES string of the molecule is Cc1nn(-c2ccc(N3CCC(C)CC3)cc2)cc1CO. The molecule has 4 nitrogen and oxygen atoms in total. The van der Waals surface area contributed by atoms with Crippen LogP contribution in [0.2, 0.25) is 0 Å². The molecule has 3 rings (SSSR count). The highest BCUT2D eigenvalue weighted by atomic mass is 16.3. The smallest absolute Gasteiger partial charge is 0.0715 e. The third-order valence-corrected chi connectivity index (χ3v) is 4.43. The molecule has 4 heteroatoms. The zero-order valence-electron chi connectivity index (χ0n) is 12.8. The third-order valence-electron chi connectivity index (χ3n) is 4.43. The molecule has 1 saturated heterocycles. The number of aliphatic hydroxyl groups is 1. The second kappa shape index (κ2) is 5.90. The first-order chi connectivity index (χ1) is 10.2. The summed E-state index contributed by atoms with van der Waals surface area (Å²) in [6.45, 7) is 6.59. The van der Waals surface area contributed by atoms with Crippen molar-refractivity contribution in [1.82, 2.24) is 9.78 Å². The molecule has 0 radical (unpaired) electrons. The normalized spacial score (nSPS) is 16.4. The zero-order chi connectivity index (χ0) is 14.8. The molecule has 0 amide bonds. The molecular weight excluding hydrogens is 262 g/mol. The number of aryl methyl sites for hydroxylation is 1. The fraction of sp³-hybridized carbons (Fsp3) is 0.471. The van der Waals surface area contributed by atoms with Crippen molar-refractivity contribution in [2.24, 2.45) is 5.92 Å². The molecule has 0 bridgehead atoms. The van der Waals surface area contributed by atoms with E-state index < -0.39 is 0 Å². The topological polar surface area (TPSA) is 41.3 Å². The predicted octanol–water partition coefficient (Wildman–Crippen LogP) is 2.91. The van der Waals surface area contributed by atoms with Crippen LogP contribution in [-0.2, 0) is 6.61 Å². The van der Waals surface area contributed by atoms with Crippen molar-refractivity contribution in [3.05, 3.63) is 41.7 Å². The molecule has 21 heavy (non-hydrogen) atoms. The minimum Gasteiger partial charge on any atom is -0.392 e. The number of hydrogen-bond acceptors (Lipinski definition) is 3. The minimum absolute atomic E-state index is 0.0376. The lowest BCUT2D eigenvalue weighted by atomic mass is 9.99. The van der Waals surface area contributed by atoms with E-state index in [1.165, 1.54) is 18.5 Å². The molecule has 0 saturated carbocycles. The van der Waals surface area contributed by atoms with Crippen LogP contribution >= 0.6 is 0 Å². The molecule has 1 N–H and O–H groups in total. The van der Waals surface area contributed by atoms with Gasteiger partial charge in [-0.2, -0.15) is 5.10 Å². The summed E-state index contributed by atoms with van der Waals surface area (Å²) in [5.74, 6) is 0.851. The van der Waals surface area contributed by atoms with E-state index in [9.17, 15) is 5.11 Å². The number of piperidine rings is 1. The molecule has 0 unspecified atom stereocenters. The molecule has 2 heterocycles. The van der Waals surface area contributed by atoms with Crippen molar-refractivity contribution >= 4 is 5.69 Å².